The van der Waals surface area contributed by atoms with Crippen molar-refractivity contribution in [3.05, 3.63) is 29.3 Å². The lowest BCUT2D eigenvalue weighted by Crippen LogP contribution is -2.21. The number of aliphatic hydroxyl groups excluding tert-OH is 2. The van der Waals surface area contributed by atoms with Gasteiger partial charge in [0.15, 0.2) is 0 Å². The van der Waals surface area contributed by atoms with Crippen molar-refractivity contribution in [1.82, 2.24) is 0 Å². The van der Waals surface area contributed by atoms with Crippen LogP contribution in [0.25, 0.3) is 21.5 Å². The molecular formula is C31H46O11. The predicted octanol–water partition coefficient (Wildman–Crippen LogP) is 4.74. The molecule has 4 rings (SSSR count). The van der Waals surface area contributed by atoms with Crippen molar-refractivity contribution in [2.45, 2.75) is 46.3 Å². The van der Waals surface area contributed by atoms with E-state index in [9.17, 15) is 4.79 Å². The van der Waals surface area contributed by atoms with Gasteiger partial charge in [0.05, 0.1) is 65.6 Å². The van der Waals surface area contributed by atoms with Crippen molar-refractivity contribution in [2.24, 2.45) is 0 Å². The second-order valence-electron chi connectivity index (χ2n) is 8.65. The Kier molecular flexibility index (Phi) is 16.4. The number of hydrogen-bond acceptors (Lipinski definition) is 10. The Labute approximate surface area is 247 Å². The van der Waals surface area contributed by atoms with Gasteiger partial charge in [0, 0.05) is 30.1 Å². The Hall–Kier alpha value is -3.51. The summed E-state index contributed by atoms with van der Waals surface area (Å²) in [7, 11) is 8.90. The van der Waals surface area contributed by atoms with Gasteiger partial charge in [-0.05, 0) is 43.5 Å². The van der Waals surface area contributed by atoms with E-state index in [0.29, 0.717) is 46.1 Å². The average molecular weight is 595 g/mol. The van der Waals surface area contributed by atoms with Crippen LogP contribution in [-0.4, -0.2) is 89.9 Å². The van der Waals surface area contributed by atoms with Gasteiger partial charge in [0.25, 0.3) is 0 Å². The maximum Gasteiger partial charge on any atom is 0.329 e. The summed E-state index contributed by atoms with van der Waals surface area (Å²) < 4.78 is 38.8. The van der Waals surface area contributed by atoms with Gasteiger partial charge in [-0.15, -0.1) is 0 Å². The summed E-state index contributed by atoms with van der Waals surface area (Å²) in [5, 5.41) is 27.7. The molecule has 3 N–H and O–H groups in total. The summed E-state index contributed by atoms with van der Waals surface area (Å²) in [4.78, 5) is 10.9. The summed E-state index contributed by atoms with van der Waals surface area (Å²) in [6.07, 6.45) is 1.75. The first-order chi connectivity index (χ1) is 20.3. The van der Waals surface area contributed by atoms with Gasteiger partial charge in [-0.3, -0.25) is 0 Å². The summed E-state index contributed by atoms with van der Waals surface area (Å²) >= 11 is 0. The Morgan fingerprint density at radius 2 is 1.43 bits per heavy atom. The van der Waals surface area contributed by atoms with Crippen molar-refractivity contribution < 1.29 is 53.3 Å². The topological polar surface area (TPSA) is 142 Å². The molecule has 11 heteroatoms. The molecule has 11 nitrogen and oxygen atoms in total. The van der Waals surface area contributed by atoms with Crippen molar-refractivity contribution >= 4 is 27.5 Å². The number of aryl methyl sites for hydroxylation is 1. The molecule has 0 aromatic heterocycles. The molecule has 42 heavy (non-hydrogen) atoms. The molecule has 0 aliphatic carbocycles. The summed E-state index contributed by atoms with van der Waals surface area (Å²) in [6, 6.07) is 5.46. The molecule has 1 fully saturated rings. The molecule has 0 amide bonds. The number of aliphatic hydroxyl groups is 2. The molecule has 3 aromatic carbocycles. The van der Waals surface area contributed by atoms with E-state index in [2.05, 4.69) is 0 Å². The van der Waals surface area contributed by atoms with Gasteiger partial charge >= 0.3 is 5.97 Å². The summed E-state index contributed by atoms with van der Waals surface area (Å²) in [5.41, 5.74) is 1.54. The first kappa shape index (κ1) is 36.5. The molecule has 3 aromatic rings. The van der Waals surface area contributed by atoms with E-state index in [4.69, 9.17) is 48.5 Å². The Bertz CT molecular complexity index is 1270. The molecule has 1 saturated heterocycles. The molecule has 0 saturated carbocycles. The molecule has 1 heterocycles. The number of carboxylic acids is 1. The Morgan fingerprint density at radius 1 is 0.881 bits per heavy atom. The number of rotatable bonds is 9. The third kappa shape index (κ3) is 8.51. The van der Waals surface area contributed by atoms with Crippen LogP contribution in [0.3, 0.4) is 0 Å². The smallest absolute Gasteiger partial charge is 0.329 e. The summed E-state index contributed by atoms with van der Waals surface area (Å²) in [6.45, 7) is 6.93. The molecule has 1 unspecified atom stereocenters. The molecule has 236 valence electrons. The van der Waals surface area contributed by atoms with Crippen molar-refractivity contribution in [2.75, 3.05) is 62.5 Å². The fourth-order valence-electron chi connectivity index (χ4n) is 4.66. The molecular weight excluding hydrogens is 548 g/mol. The van der Waals surface area contributed by atoms with Crippen LogP contribution in [0.15, 0.2) is 18.2 Å². The molecule has 1 aliphatic heterocycles. The number of aliphatic carboxylic acids is 1. The van der Waals surface area contributed by atoms with Crippen LogP contribution in [-0.2, 0) is 20.9 Å². The van der Waals surface area contributed by atoms with Crippen molar-refractivity contribution in [3.63, 3.8) is 0 Å². The third-order valence-electron chi connectivity index (χ3n) is 6.40. The molecule has 0 radical (unpaired) electrons. The van der Waals surface area contributed by atoms with Crippen LogP contribution in [0.5, 0.6) is 28.7 Å². The van der Waals surface area contributed by atoms with E-state index < -0.39 is 12.6 Å². The van der Waals surface area contributed by atoms with Crippen LogP contribution >= 0.6 is 0 Å². The van der Waals surface area contributed by atoms with E-state index in [1.165, 1.54) is 0 Å². The monoisotopic (exact) mass is 594 g/mol. The molecule has 1 atom stereocenters. The van der Waals surface area contributed by atoms with Gasteiger partial charge in [-0.25, -0.2) is 4.79 Å². The molecule has 0 spiro atoms. The molecule has 0 bridgehead atoms. The Morgan fingerprint density at radius 3 is 1.83 bits per heavy atom. The number of methoxy groups -OCH3 is 5. The fraction of sp³-hybridized carbons (Fsp3) is 0.516. The van der Waals surface area contributed by atoms with Crippen molar-refractivity contribution in [3.8, 4) is 28.7 Å². The maximum absolute atomic E-state index is 10.9. The van der Waals surface area contributed by atoms with E-state index in [1.807, 2.05) is 39.0 Å². The number of fused-ring (bicyclic) bond motifs is 2. The Balaban J connectivity index is 0.000000682. The fourth-order valence-corrected chi connectivity index (χ4v) is 4.66. The number of ether oxygens (including phenoxy) is 7. The first-order valence-electron chi connectivity index (χ1n) is 13.6. The second kappa shape index (κ2) is 18.8. The number of carbonyl (C=O) groups is 1. The largest absolute Gasteiger partial charge is 0.496 e. The number of hydrogen-bond donors (Lipinski definition) is 3. The van der Waals surface area contributed by atoms with Crippen LogP contribution in [0, 0.1) is 6.92 Å². The minimum atomic E-state index is -1.04. The van der Waals surface area contributed by atoms with E-state index in [0.717, 1.165) is 48.5 Å². The zero-order valence-electron chi connectivity index (χ0n) is 26.2. The standard InChI is InChI=1S/C23H26O8.C5H10O2.C2H6.CH4O/c1-12-14(10-31-11-18(24)25)17(28-4)9-13-19(12)23(30-6)21-16(27-3)8-7-15(26-2)20(21)22(13)29-5;6-5-2-1-3-7-4-5;2*1-2/h7-9H,10-11H2,1-6H3,(H,24,25);5-6H,1-4H2;1-2H3;2H,1H3. The van der Waals surface area contributed by atoms with E-state index in [1.54, 1.807) is 35.5 Å². The van der Waals surface area contributed by atoms with Crippen LogP contribution in [0.4, 0.5) is 0 Å². The van der Waals surface area contributed by atoms with Gasteiger partial charge in [0.2, 0.25) is 0 Å². The van der Waals surface area contributed by atoms with Gasteiger partial charge < -0.3 is 48.5 Å². The minimum Gasteiger partial charge on any atom is -0.496 e. The van der Waals surface area contributed by atoms with Crippen molar-refractivity contribution in [1.29, 1.82) is 0 Å². The van der Waals surface area contributed by atoms with Gasteiger partial charge in [-0.1, -0.05) is 13.8 Å². The van der Waals surface area contributed by atoms with Gasteiger partial charge in [0.1, 0.15) is 35.4 Å². The number of benzene rings is 3. The maximum atomic E-state index is 10.9. The average Bonchev–Trinajstić information content (AvgIpc) is 3.02. The van der Waals surface area contributed by atoms with Crippen LogP contribution in [0.1, 0.15) is 37.8 Å². The zero-order valence-corrected chi connectivity index (χ0v) is 26.2. The SMILES string of the molecule is CC.CO.COc1cc2c(OC)c3c(OC)ccc(OC)c3c(OC)c2c(C)c1COCC(=O)O.OC1CCCOC1. The summed E-state index contributed by atoms with van der Waals surface area (Å²) in [5.74, 6) is 1.89. The first-order valence-corrected chi connectivity index (χ1v) is 13.6. The normalized spacial score (nSPS) is 13.8. The minimum absolute atomic E-state index is 0.0655. The van der Waals surface area contributed by atoms with E-state index >= 15 is 0 Å². The van der Waals surface area contributed by atoms with Crippen LogP contribution in [0.2, 0.25) is 0 Å². The zero-order chi connectivity index (χ0) is 31.8. The highest BCUT2D eigenvalue weighted by molar-refractivity contribution is 6.16. The van der Waals surface area contributed by atoms with Crippen LogP contribution < -0.4 is 23.7 Å². The lowest BCUT2D eigenvalue weighted by molar-refractivity contribution is -0.142. The third-order valence-corrected chi connectivity index (χ3v) is 6.40. The highest BCUT2D eigenvalue weighted by atomic mass is 16.5. The lowest BCUT2D eigenvalue weighted by Gasteiger charge is -2.22. The highest BCUT2D eigenvalue weighted by Crippen LogP contribution is 2.52. The number of carboxylic acid groups (broad SMARTS) is 1. The quantitative estimate of drug-likeness (QED) is 0.296. The predicted molar refractivity (Wildman–Crippen MR) is 162 cm³/mol. The van der Waals surface area contributed by atoms with E-state index in [-0.39, 0.29) is 12.7 Å². The lowest BCUT2D eigenvalue weighted by atomic mass is 9.93. The molecule has 1 aliphatic rings. The van der Waals surface area contributed by atoms with Gasteiger partial charge in [-0.2, -0.15) is 0 Å². The second-order valence-corrected chi connectivity index (χ2v) is 8.65. The highest BCUT2D eigenvalue weighted by Gasteiger charge is 2.25.